The summed E-state index contributed by atoms with van der Waals surface area (Å²) >= 11 is 2.21. The summed E-state index contributed by atoms with van der Waals surface area (Å²) < 4.78 is 0.522. The van der Waals surface area contributed by atoms with Crippen molar-refractivity contribution in [2.75, 3.05) is 51.6 Å². The summed E-state index contributed by atoms with van der Waals surface area (Å²) in [5.74, 6) is 1.61. The van der Waals surface area contributed by atoms with E-state index in [1.807, 2.05) is 4.90 Å². The zero-order valence-corrected chi connectivity index (χ0v) is 13.9. The van der Waals surface area contributed by atoms with Crippen LogP contribution in [0.4, 0.5) is 0 Å². The number of hydrogen-bond acceptors (Lipinski definition) is 4. The molecule has 0 aromatic heterocycles. The van der Waals surface area contributed by atoms with Crippen LogP contribution in [0.3, 0.4) is 0 Å². The van der Waals surface area contributed by atoms with E-state index in [4.69, 9.17) is 0 Å². The molecule has 3 aliphatic rings. The van der Waals surface area contributed by atoms with Gasteiger partial charge in [-0.3, -0.25) is 4.79 Å². The fraction of sp³-hybridized carbons (Fsp3) is 0.938. The molecular weight excluding hydrogens is 282 g/mol. The van der Waals surface area contributed by atoms with E-state index in [9.17, 15) is 4.79 Å². The summed E-state index contributed by atoms with van der Waals surface area (Å²) in [7, 11) is 0. The van der Waals surface area contributed by atoms with Gasteiger partial charge in [0.1, 0.15) is 0 Å². The van der Waals surface area contributed by atoms with Gasteiger partial charge in [-0.15, -0.1) is 0 Å². The first-order chi connectivity index (χ1) is 10.3. The highest BCUT2D eigenvalue weighted by molar-refractivity contribution is 8.00. The Labute approximate surface area is 133 Å². The normalized spacial score (nSPS) is 27.0. The van der Waals surface area contributed by atoms with Crippen LogP contribution in [-0.4, -0.2) is 72.0 Å². The number of carbonyl (C=O) groups excluding carboxylic acids is 1. The number of piperazine rings is 1. The molecule has 120 valence electrons. The molecule has 2 aliphatic heterocycles. The van der Waals surface area contributed by atoms with Crippen LogP contribution in [0.5, 0.6) is 0 Å². The lowest BCUT2D eigenvalue weighted by atomic mass is 9.87. The van der Waals surface area contributed by atoms with E-state index < -0.39 is 0 Å². The molecule has 0 aromatic rings. The van der Waals surface area contributed by atoms with Crippen LogP contribution in [0.2, 0.25) is 0 Å². The average molecular weight is 311 g/mol. The highest BCUT2D eigenvalue weighted by Gasteiger charge is 2.37. The van der Waals surface area contributed by atoms with Crippen molar-refractivity contribution in [2.45, 2.75) is 43.3 Å². The van der Waals surface area contributed by atoms with E-state index in [1.165, 1.54) is 50.9 Å². The van der Waals surface area contributed by atoms with Crippen LogP contribution in [0.25, 0.3) is 0 Å². The Morgan fingerprint density at radius 3 is 2.62 bits per heavy atom. The first-order valence-corrected chi connectivity index (χ1v) is 9.61. The fourth-order valence-electron chi connectivity index (χ4n) is 3.94. The van der Waals surface area contributed by atoms with Crippen LogP contribution >= 0.6 is 11.8 Å². The van der Waals surface area contributed by atoms with Gasteiger partial charge < -0.3 is 15.1 Å². The topological polar surface area (TPSA) is 35.6 Å². The van der Waals surface area contributed by atoms with Crippen molar-refractivity contribution in [1.29, 1.82) is 0 Å². The van der Waals surface area contributed by atoms with Crippen LogP contribution < -0.4 is 5.32 Å². The zero-order valence-electron chi connectivity index (χ0n) is 13.1. The van der Waals surface area contributed by atoms with Crippen molar-refractivity contribution in [3.05, 3.63) is 0 Å². The molecule has 3 fully saturated rings. The number of nitrogens with zero attached hydrogens (tertiary/aromatic N) is 2. The molecule has 0 bridgehead atoms. The minimum Gasteiger partial charge on any atom is -0.340 e. The molecule has 0 aromatic carbocycles. The molecule has 4 nitrogen and oxygen atoms in total. The van der Waals surface area contributed by atoms with Crippen LogP contribution in [0.1, 0.15) is 38.5 Å². The molecule has 0 atom stereocenters. The minimum atomic E-state index is 0.354. The van der Waals surface area contributed by atoms with Crippen molar-refractivity contribution in [2.24, 2.45) is 0 Å². The van der Waals surface area contributed by atoms with Crippen molar-refractivity contribution >= 4 is 17.7 Å². The highest BCUT2D eigenvalue weighted by atomic mass is 32.2. The lowest BCUT2D eigenvalue weighted by Gasteiger charge is -2.44. The fourth-order valence-corrected chi connectivity index (χ4v) is 5.57. The lowest BCUT2D eigenvalue weighted by molar-refractivity contribution is -0.132. The molecule has 1 aliphatic carbocycles. The van der Waals surface area contributed by atoms with Gasteiger partial charge in [-0.25, -0.2) is 0 Å². The number of amides is 1. The quantitative estimate of drug-likeness (QED) is 0.858. The Hall–Kier alpha value is -0.260. The maximum atomic E-state index is 12.3. The molecule has 1 saturated carbocycles. The second-order valence-corrected chi connectivity index (χ2v) is 8.31. The van der Waals surface area contributed by atoms with Crippen molar-refractivity contribution in [3.8, 4) is 0 Å². The third-order valence-electron chi connectivity index (χ3n) is 5.20. The molecule has 3 rings (SSSR count). The van der Waals surface area contributed by atoms with Crippen molar-refractivity contribution < 1.29 is 4.79 Å². The predicted octanol–water partition coefficient (Wildman–Crippen LogP) is 1.56. The Morgan fingerprint density at radius 1 is 1.10 bits per heavy atom. The third kappa shape index (κ3) is 4.14. The molecule has 0 unspecified atom stereocenters. The van der Waals surface area contributed by atoms with Gasteiger partial charge in [0.2, 0.25) is 5.91 Å². The van der Waals surface area contributed by atoms with E-state index in [0.29, 0.717) is 17.1 Å². The van der Waals surface area contributed by atoms with Gasteiger partial charge in [0.15, 0.2) is 0 Å². The Bertz CT molecular complexity index is 346. The van der Waals surface area contributed by atoms with Crippen LogP contribution in [0, 0.1) is 0 Å². The number of carbonyl (C=O) groups is 1. The van der Waals surface area contributed by atoms with E-state index >= 15 is 0 Å². The van der Waals surface area contributed by atoms with Crippen molar-refractivity contribution in [1.82, 2.24) is 15.1 Å². The number of hydrogen-bond donors (Lipinski definition) is 1. The van der Waals surface area contributed by atoms with Gasteiger partial charge in [0.25, 0.3) is 0 Å². The smallest absolute Gasteiger partial charge is 0.223 e. The number of rotatable bonds is 3. The molecule has 2 saturated heterocycles. The molecule has 1 spiro atoms. The molecule has 0 radical (unpaired) electrons. The van der Waals surface area contributed by atoms with Gasteiger partial charge in [0.05, 0.1) is 0 Å². The van der Waals surface area contributed by atoms with Crippen molar-refractivity contribution in [3.63, 3.8) is 0 Å². The van der Waals surface area contributed by atoms with Crippen LogP contribution in [-0.2, 0) is 4.79 Å². The van der Waals surface area contributed by atoms with E-state index in [2.05, 4.69) is 22.0 Å². The largest absolute Gasteiger partial charge is 0.340 e. The Balaban J connectivity index is 1.45. The predicted molar refractivity (Wildman–Crippen MR) is 88.8 cm³/mol. The second-order valence-electron chi connectivity index (χ2n) is 6.75. The summed E-state index contributed by atoms with van der Waals surface area (Å²) in [5, 5.41) is 3.31. The van der Waals surface area contributed by atoms with Gasteiger partial charge in [-0.05, 0) is 12.8 Å². The summed E-state index contributed by atoms with van der Waals surface area (Å²) in [6.07, 6.45) is 7.71. The standard InChI is InChI=1S/C16H29N3OS/c20-15(19-10-7-17-8-11-19)4-9-18-12-13-21-16(14-18)5-2-1-3-6-16/h17H,1-14H2. The maximum Gasteiger partial charge on any atom is 0.223 e. The van der Waals surface area contributed by atoms with Gasteiger partial charge >= 0.3 is 0 Å². The summed E-state index contributed by atoms with van der Waals surface area (Å²) in [4.78, 5) is 16.9. The lowest BCUT2D eigenvalue weighted by Crippen LogP contribution is -2.50. The molecular formula is C16H29N3OS. The summed E-state index contributed by atoms with van der Waals surface area (Å²) in [5.41, 5.74) is 0. The van der Waals surface area contributed by atoms with Gasteiger partial charge in [-0.1, -0.05) is 19.3 Å². The zero-order chi connectivity index (χ0) is 14.5. The maximum absolute atomic E-state index is 12.3. The molecule has 5 heteroatoms. The molecule has 1 N–H and O–H groups in total. The Morgan fingerprint density at radius 2 is 1.86 bits per heavy atom. The van der Waals surface area contributed by atoms with E-state index in [-0.39, 0.29) is 0 Å². The molecule has 1 amide bonds. The first kappa shape index (κ1) is 15.6. The van der Waals surface area contributed by atoms with E-state index in [1.54, 1.807) is 0 Å². The second kappa shape index (κ2) is 7.34. The SMILES string of the molecule is O=C(CCN1CCSC2(CCCCC2)C1)N1CCNCC1. The van der Waals surface area contributed by atoms with Gasteiger partial charge in [-0.2, -0.15) is 11.8 Å². The number of thioether (sulfide) groups is 1. The Kier molecular flexibility index (Phi) is 5.46. The van der Waals surface area contributed by atoms with E-state index in [0.717, 1.165) is 32.7 Å². The minimum absolute atomic E-state index is 0.354. The average Bonchev–Trinajstić information content (AvgIpc) is 2.54. The van der Waals surface area contributed by atoms with Crippen LogP contribution in [0.15, 0.2) is 0 Å². The molecule has 21 heavy (non-hydrogen) atoms. The summed E-state index contributed by atoms with van der Waals surface area (Å²) in [6.45, 7) is 7.03. The molecule has 2 heterocycles. The first-order valence-electron chi connectivity index (χ1n) is 8.62. The number of nitrogens with one attached hydrogen (secondary N) is 1. The van der Waals surface area contributed by atoms with Gasteiger partial charge in [0, 0.05) is 62.7 Å². The highest BCUT2D eigenvalue weighted by Crippen LogP contribution is 2.42. The third-order valence-corrected chi connectivity index (χ3v) is 6.74. The summed E-state index contributed by atoms with van der Waals surface area (Å²) in [6, 6.07) is 0. The monoisotopic (exact) mass is 311 g/mol.